The average Bonchev–Trinajstić information content (AvgIpc) is 2.89. The molecule has 3 aromatic rings. The molecule has 0 aliphatic carbocycles. The van der Waals surface area contributed by atoms with E-state index in [1.165, 1.54) is 0 Å². The molecular formula is C27H32N2O5. The van der Waals surface area contributed by atoms with Crippen LogP contribution in [0.2, 0.25) is 0 Å². The molecule has 0 saturated heterocycles. The molecule has 1 heterocycles. The minimum Gasteiger partial charge on any atom is -0.493 e. The number of pyridine rings is 1. The second kappa shape index (κ2) is 12.6. The molecule has 180 valence electrons. The molecule has 1 amide bonds. The maximum absolute atomic E-state index is 12.9. The van der Waals surface area contributed by atoms with Gasteiger partial charge in [-0.15, -0.1) is 0 Å². The van der Waals surface area contributed by atoms with Crippen LogP contribution in [-0.2, 0) is 11.2 Å². The van der Waals surface area contributed by atoms with Crippen molar-refractivity contribution in [3.8, 4) is 28.6 Å². The number of amides is 1. The predicted octanol–water partition coefficient (Wildman–Crippen LogP) is 4.50. The largest absolute Gasteiger partial charge is 0.493 e. The Balaban J connectivity index is 1.67. The van der Waals surface area contributed by atoms with Gasteiger partial charge in [-0.3, -0.25) is 4.79 Å². The molecule has 0 aliphatic rings. The lowest BCUT2D eigenvalue weighted by atomic mass is 10.1. The third kappa shape index (κ3) is 6.48. The van der Waals surface area contributed by atoms with Crippen molar-refractivity contribution >= 4 is 5.91 Å². The lowest BCUT2D eigenvalue weighted by molar-refractivity contribution is 0.0706. The summed E-state index contributed by atoms with van der Waals surface area (Å²) in [5, 5.41) is 0. The summed E-state index contributed by atoms with van der Waals surface area (Å²) in [6.45, 7) is 4.10. The Kier molecular flexibility index (Phi) is 9.29. The molecule has 0 unspecified atom stereocenters. The molecule has 0 N–H and O–H groups in total. The summed E-state index contributed by atoms with van der Waals surface area (Å²) in [5.41, 5.74) is 3.31. The van der Waals surface area contributed by atoms with Gasteiger partial charge in [0.25, 0.3) is 5.91 Å². The van der Waals surface area contributed by atoms with E-state index in [1.54, 1.807) is 26.2 Å². The second-order valence-corrected chi connectivity index (χ2v) is 7.61. The minimum atomic E-state index is -0.0243. The molecule has 0 radical (unpaired) electrons. The average molecular weight is 465 g/mol. The van der Waals surface area contributed by atoms with Crippen molar-refractivity contribution < 1.29 is 23.7 Å². The van der Waals surface area contributed by atoms with Crippen molar-refractivity contribution in [2.45, 2.75) is 13.3 Å². The molecule has 0 saturated carbocycles. The van der Waals surface area contributed by atoms with Gasteiger partial charge in [-0.1, -0.05) is 24.3 Å². The molecule has 7 nitrogen and oxygen atoms in total. The Hall–Kier alpha value is -3.58. The first-order valence-corrected chi connectivity index (χ1v) is 11.3. The SMILES string of the molecule is CCN(CCOC)C(=O)c1cccc(-c2cccc(OCCc3ccc(OC)c(OC)c3)n2)c1. The highest BCUT2D eigenvalue weighted by Crippen LogP contribution is 2.28. The van der Waals surface area contributed by atoms with E-state index in [4.69, 9.17) is 18.9 Å². The van der Waals surface area contributed by atoms with Crippen LogP contribution in [0.1, 0.15) is 22.8 Å². The van der Waals surface area contributed by atoms with Gasteiger partial charge in [-0.2, -0.15) is 0 Å². The minimum absolute atomic E-state index is 0.0243. The number of hydrogen-bond acceptors (Lipinski definition) is 6. The van der Waals surface area contributed by atoms with Gasteiger partial charge in [0.1, 0.15) is 0 Å². The van der Waals surface area contributed by atoms with E-state index >= 15 is 0 Å². The number of carbonyl (C=O) groups excluding carboxylic acids is 1. The first-order chi connectivity index (χ1) is 16.6. The van der Waals surface area contributed by atoms with Crippen LogP contribution in [0, 0.1) is 0 Å². The third-order valence-electron chi connectivity index (χ3n) is 5.45. The van der Waals surface area contributed by atoms with Gasteiger partial charge in [0.15, 0.2) is 11.5 Å². The van der Waals surface area contributed by atoms with Gasteiger partial charge < -0.3 is 23.8 Å². The summed E-state index contributed by atoms with van der Waals surface area (Å²) in [4.78, 5) is 19.3. The Morgan fingerprint density at radius 1 is 0.912 bits per heavy atom. The molecule has 2 aromatic carbocycles. The maximum atomic E-state index is 12.9. The van der Waals surface area contributed by atoms with Gasteiger partial charge in [-0.25, -0.2) is 4.98 Å². The van der Waals surface area contributed by atoms with E-state index in [9.17, 15) is 4.79 Å². The summed E-state index contributed by atoms with van der Waals surface area (Å²) in [6.07, 6.45) is 0.699. The van der Waals surface area contributed by atoms with Crippen molar-refractivity contribution in [1.29, 1.82) is 0 Å². The number of ether oxygens (including phenoxy) is 4. The topological polar surface area (TPSA) is 70.1 Å². The molecule has 0 spiro atoms. The number of rotatable bonds is 12. The van der Waals surface area contributed by atoms with Crippen LogP contribution in [-0.4, -0.2) is 63.4 Å². The quantitative estimate of drug-likeness (QED) is 0.393. The number of benzene rings is 2. The highest BCUT2D eigenvalue weighted by molar-refractivity contribution is 5.95. The van der Waals surface area contributed by atoms with Gasteiger partial charge in [0, 0.05) is 43.8 Å². The van der Waals surface area contributed by atoms with Gasteiger partial charge in [-0.05, 0) is 42.8 Å². The maximum Gasteiger partial charge on any atom is 0.253 e. The first kappa shape index (κ1) is 25.1. The fourth-order valence-corrected chi connectivity index (χ4v) is 3.56. The van der Waals surface area contributed by atoms with Crippen LogP contribution in [0.4, 0.5) is 0 Å². The zero-order chi connectivity index (χ0) is 24.3. The van der Waals surface area contributed by atoms with Crippen LogP contribution in [0.15, 0.2) is 60.7 Å². The molecular weight excluding hydrogens is 432 g/mol. The van der Waals surface area contributed by atoms with E-state index < -0.39 is 0 Å². The lowest BCUT2D eigenvalue weighted by Gasteiger charge is -2.20. The standard InChI is InChI=1S/C27H32N2O5/c1-5-29(15-17-31-2)27(30)22-9-6-8-21(19-22)23-10-7-11-26(28-23)34-16-14-20-12-13-24(32-3)25(18-20)33-4/h6-13,18-19H,5,14-17H2,1-4H3. The second-order valence-electron chi connectivity index (χ2n) is 7.61. The molecule has 0 atom stereocenters. The number of likely N-dealkylation sites (N-methyl/N-ethyl adjacent to an activating group) is 1. The normalized spacial score (nSPS) is 10.6. The molecule has 7 heteroatoms. The van der Waals surface area contributed by atoms with Gasteiger partial charge >= 0.3 is 0 Å². The molecule has 1 aromatic heterocycles. The first-order valence-electron chi connectivity index (χ1n) is 11.3. The Labute approximate surface area is 201 Å². The van der Waals surface area contributed by atoms with Crippen molar-refractivity contribution in [1.82, 2.24) is 9.88 Å². The highest BCUT2D eigenvalue weighted by atomic mass is 16.5. The zero-order valence-electron chi connectivity index (χ0n) is 20.2. The van der Waals surface area contributed by atoms with Crippen LogP contribution < -0.4 is 14.2 Å². The smallest absolute Gasteiger partial charge is 0.253 e. The number of methoxy groups -OCH3 is 3. The summed E-state index contributed by atoms with van der Waals surface area (Å²) < 4.78 is 21.7. The van der Waals surface area contributed by atoms with Crippen molar-refractivity contribution in [2.75, 3.05) is 47.6 Å². The fraction of sp³-hybridized carbons (Fsp3) is 0.333. The highest BCUT2D eigenvalue weighted by Gasteiger charge is 2.15. The number of carbonyl (C=O) groups is 1. The fourth-order valence-electron chi connectivity index (χ4n) is 3.56. The Morgan fingerprint density at radius 3 is 2.44 bits per heavy atom. The molecule has 0 bridgehead atoms. The third-order valence-corrected chi connectivity index (χ3v) is 5.45. The van der Waals surface area contributed by atoms with E-state index in [2.05, 4.69) is 4.98 Å². The Bertz CT molecular complexity index is 1090. The zero-order valence-corrected chi connectivity index (χ0v) is 20.2. The number of aromatic nitrogens is 1. The molecule has 3 rings (SSSR count). The molecule has 0 aliphatic heterocycles. The number of hydrogen-bond donors (Lipinski definition) is 0. The van der Waals surface area contributed by atoms with Crippen molar-refractivity contribution in [3.63, 3.8) is 0 Å². The summed E-state index contributed by atoms with van der Waals surface area (Å²) >= 11 is 0. The summed E-state index contributed by atoms with van der Waals surface area (Å²) in [5.74, 6) is 1.90. The van der Waals surface area contributed by atoms with Crippen LogP contribution in [0.5, 0.6) is 17.4 Å². The van der Waals surface area contributed by atoms with Crippen molar-refractivity contribution in [3.05, 3.63) is 71.8 Å². The predicted molar refractivity (Wildman–Crippen MR) is 132 cm³/mol. The van der Waals surface area contributed by atoms with Crippen molar-refractivity contribution in [2.24, 2.45) is 0 Å². The Morgan fingerprint density at radius 2 is 1.71 bits per heavy atom. The van der Waals surface area contributed by atoms with Gasteiger partial charge in [0.2, 0.25) is 5.88 Å². The monoisotopic (exact) mass is 464 g/mol. The van der Waals surface area contributed by atoms with E-state index in [0.717, 1.165) is 16.8 Å². The van der Waals surface area contributed by atoms with Crippen LogP contribution in [0.25, 0.3) is 11.3 Å². The van der Waals surface area contributed by atoms with E-state index in [-0.39, 0.29) is 5.91 Å². The van der Waals surface area contributed by atoms with Crippen LogP contribution in [0.3, 0.4) is 0 Å². The van der Waals surface area contributed by atoms with Crippen LogP contribution >= 0.6 is 0 Å². The van der Waals surface area contributed by atoms with E-state index in [0.29, 0.717) is 55.7 Å². The summed E-state index contributed by atoms with van der Waals surface area (Å²) in [7, 11) is 4.87. The van der Waals surface area contributed by atoms with Gasteiger partial charge in [0.05, 0.1) is 33.1 Å². The lowest BCUT2D eigenvalue weighted by Crippen LogP contribution is -2.33. The summed E-state index contributed by atoms with van der Waals surface area (Å²) in [6, 6.07) is 19.0. The number of nitrogens with zero attached hydrogens (tertiary/aromatic N) is 2. The molecule has 0 fully saturated rings. The van der Waals surface area contributed by atoms with E-state index in [1.807, 2.05) is 67.6 Å². The molecule has 34 heavy (non-hydrogen) atoms.